The largest absolute Gasteiger partial charge is 0.325 e. The van der Waals surface area contributed by atoms with E-state index in [9.17, 15) is 0 Å². The molecule has 0 unspecified atom stereocenters. The first-order valence-corrected chi connectivity index (χ1v) is 3.30. The minimum Gasteiger partial charge on any atom is -0.325 e. The van der Waals surface area contributed by atoms with Crippen LogP contribution in [0.15, 0.2) is 0 Å². The van der Waals surface area contributed by atoms with Gasteiger partial charge in [0.05, 0.1) is 0 Å². The van der Waals surface area contributed by atoms with Crippen LogP contribution in [-0.4, -0.2) is 11.3 Å². The summed E-state index contributed by atoms with van der Waals surface area (Å²) in [4.78, 5) is 0. The Bertz CT molecular complexity index is 68.5. The van der Waals surface area contributed by atoms with Crippen LogP contribution in [-0.2, 0) is 0 Å². The fourth-order valence-electron chi connectivity index (χ4n) is 0.633. The van der Waals surface area contributed by atoms with Gasteiger partial charge >= 0.3 is 0 Å². The number of nitrogens with two attached hydrogens (primary N) is 1. The highest BCUT2D eigenvalue weighted by Gasteiger charge is 2.36. The lowest BCUT2D eigenvalue weighted by Crippen LogP contribution is -2.21. The summed E-state index contributed by atoms with van der Waals surface area (Å²) in [5.74, 6) is 0.941. The Morgan fingerprint density at radius 2 is 2.14 bits per heavy atom. The van der Waals surface area contributed by atoms with Gasteiger partial charge in [0.25, 0.3) is 0 Å². The third-order valence-electron chi connectivity index (χ3n) is 1.50. The standard InChI is InChI=1S/C5H11NS/c6-5(1-2-5)3-4-7/h7H,1-4,6H2. The first kappa shape index (κ1) is 5.45. The molecule has 0 saturated heterocycles. The lowest BCUT2D eigenvalue weighted by atomic mass is 10.2. The number of hydrogen-bond acceptors (Lipinski definition) is 2. The molecule has 1 nitrogen and oxygen atoms in total. The normalized spacial score (nSPS) is 24.9. The van der Waals surface area contributed by atoms with Crippen molar-refractivity contribution in [1.82, 2.24) is 0 Å². The minimum absolute atomic E-state index is 0.224. The van der Waals surface area contributed by atoms with Crippen molar-refractivity contribution in [3.63, 3.8) is 0 Å². The Kier molecular flexibility index (Phi) is 1.30. The van der Waals surface area contributed by atoms with Crippen LogP contribution < -0.4 is 5.73 Å². The van der Waals surface area contributed by atoms with Gasteiger partial charge in [0, 0.05) is 5.54 Å². The zero-order valence-corrected chi connectivity index (χ0v) is 5.25. The Morgan fingerprint density at radius 1 is 1.57 bits per heavy atom. The SMILES string of the molecule is NC1(CCS)CC1. The van der Waals surface area contributed by atoms with Crippen LogP contribution in [0.3, 0.4) is 0 Å². The van der Waals surface area contributed by atoms with Crippen LogP contribution in [0.2, 0.25) is 0 Å². The molecular weight excluding hydrogens is 106 g/mol. The summed E-state index contributed by atoms with van der Waals surface area (Å²) in [6.45, 7) is 0. The second-order valence-electron chi connectivity index (χ2n) is 2.34. The molecule has 0 aromatic rings. The van der Waals surface area contributed by atoms with E-state index in [1.807, 2.05) is 0 Å². The summed E-state index contributed by atoms with van der Waals surface area (Å²) in [6.07, 6.45) is 3.53. The van der Waals surface area contributed by atoms with E-state index < -0.39 is 0 Å². The van der Waals surface area contributed by atoms with Gasteiger partial charge in [0.2, 0.25) is 0 Å². The molecule has 0 bridgehead atoms. The quantitative estimate of drug-likeness (QED) is 0.514. The van der Waals surface area contributed by atoms with Gasteiger partial charge in [-0.1, -0.05) is 0 Å². The van der Waals surface area contributed by atoms with Gasteiger partial charge in [0.1, 0.15) is 0 Å². The first-order chi connectivity index (χ1) is 3.27. The molecule has 7 heavy (non-hydrogen) atoms. The zero-order chi connectivity index (χ0) is 5.33. The molecule has 1 fully saturated rings. The maximum absolute atomic E-state index is 5.71. The third-order valence-corrected chi connectivity index (χ3v) is 1.73. The van der Waals surface area contributed by atoms with Crippen LogP contribution in [0.5, 0.6) is 0 Å². The third kappa shape index (κ3) is 1.35. The molecule has 2 N–H and O–H groups in total. The highest BCUT2D eigenvalue weighted by Crippen LogP contribution is 2.35. The van der Waals surface area contributed by atoms with Crippen molar-refractivity contribution < 1.29 is 0 Å². The van der Waals surface area contributed by atoms with E-state index in [0.717, 1.165) is 12.2 Å². The second kappa shape index (κ2) is 1.67. The predicted octanol–water partition coefficient (Wildman–Crippen LogP) is 0.798. The van der Waals surface area contributed by atoms with Crippen LogP contribution in [0.4, 0.5) is 0 Å². The summed E-state index contributed by atoms with van der Waals surface area (Å²) in [6, 6.07) is 0. The summed E-state index contributed by atoms with van der Waals surface area (Å²) >= 11 is 4.07. The smallest absolute Gasteiger partial charge is 0.0163 e. The lowest BCUT2D eigenvalue weighted by Gasteiger charge is -2.01. The van der Waals surface area contributed by atoms with Gasteiger partial charge in [-0.05, 0) is 25.0 Å². The molecular formula is C5H11NS. The van der Waals surface area contributed by atoms with E-state index in [2.05, 4.69) is 12.6 Å². The molecule has 1 rings (SSSR count). The van der Waals surface area contributed by atoms with E-state index in [1.54, 1.807) is 0 Å². The minimum atomic E-state index is 0.224. The van der Waals surface area contributed by atoms with Crippen molar-refractivity contribution in [2.45, 2.75) is 24.8 Å². The molecule has 0 heterocycles. The highest BCUT2D eigenvalue weighted by atomic mass is 32.1. The molecule has 0 spiro atoms. The summed E-state index contributed by atoms with van der Waals surface area (Å²) in [5.41, 5.74) is 5.93. The maximum Gasteiger partial charge on any atom is 0.0163 e. The highest BCUT2D eigenvalue weighted by molar-refractivity contribution is 7.80. The fraction of sp³-hybridized carbons (Fsp3) is 1.00. The van der Waals surface area contributed by atoms with Gasteiger partial charge in [-0.25, -0.2) is 0 Å². The van der Waals surface area contributed by atoms with Crippen LogP contribution in [0.25, 0.3) is 0 Å². The number of hydrogen-bond donors (Lipinski definition) is 2. The van der Waals surface area contributed by atoms with E-state index in [0.29, 0.717) is 0 Å². The first-order valence-electron chi connectivity index (χ1n) is 2.67. The van der Waals surface area contributed by atoms with E-state index in [4.69, 9.17) is 5.73 Å². The molecule has 0 radical (unpaired) electrons. The molecule has 0 aromatic carbocycles. The Labute approximate surface area is 49.7 Å². The predicted molar refractivity (Wildman–Crippen MR) is 34.6 cm³/mol. The number of thiol groups is 1. The molecule has 0 aromatic heterocycles. The summed E-state index contributed by atoms with van der Waals surface area (Å²) in [5, 5.41) is 0. The van der Waals surface area contributed by atoms with Gasteiger partial charge in [-0.15, -0.1) is 0 Å². The van der Waals surface area contributed by atoms with Crippen LogP contribution in [0, 0.1) is 0 Å². The monoisotopic (exact) mass is 117 g/mol. The Balaban J connectivity index is 2.13. The summed E-state index contributed by atoms with van der Waals surface area (Å²) < 4.78 is 0. The Hall–Kier alpha value is 0.310. The van der Waals surface area contributed by atoms with Crippen molar-refractivity contribution in [3.05, 3.63) is 0 Å². The van der Waals surface area contributed by atoms with Gasteiger partial charge in [0.15, 0.2) is 0 Å². The molecule has 0 amide bonds. The molecule has 1 aliphatic rings. The van der Waals surface area contributed by atoms with Crippen molar-refractivity contribution in [1.29, 1.82) is 0 Å². The molecule has 42 valence electrons. The molecule has 0 aliphatic heterocycles. The fourth-order valence-corrected chi connectivity index (χ4v) is 1.08. The molecule has 2 heteroatoms. The average Bonchev–Trinajstić information content (AvgIpc) is 2.22. The average molecular weight is 117 g/mol. The van der Waals surface area contributed by atoms with Crippen LogP contribution in [0.1, 0.15) is 19.3 Å². The van der Waals surface area contributed by atoms with Gasteiger partial charge in [-0.2, -0.15) is 12.6 Å². The van der Waals surface area contributed by atoms with Crippen molar-refractivity contribution in [2.24, 2.45) is 5.73 Å². The van der Waals surface area contributed by atoms with Gasteiger partial charge in [-0.3, -0.25) is 0 Å². The molecule has 0 atom stereocenters. The van der Waals surface area contributed by atoms with E-state index in [1.165, 1.54) is 12.8 Å². The molecule has 1 saturated carbocycles. The Morgan fingerprint density at radius 3 is 2.29 bits per heavy atom. The lowest BCUT2D eigenvalue weighted by molar-refractivity contribution is 0.657. The van der Waals surface area contributed by atoms with Crippen molar-refractivity contribution in [3.8, 4) is 0 Å². The molecule has 1 aliphatic carbocycles. The topological polar surface area (TPSA) is 26.0 Å². The maximum atomic E-state index is 5.71. The van der Waals surface area contributed by atoms with Crippen LogP contribution >= 0.6 is 12.6 Å². The zero-order valence-electron chi connectivity index (χ0n) is 4.35. The number of rotatable bonds is 2. The van der Waals surface area contributed by atoms with E-state index in [-0.39, 0.29) is 5.54 Å². The van der Waals surface area contributed by atoms with E-state index >= 15 is 0 Å². The second-order valence-corrected chi connectivity index (χ2v) is 2.78. The van der Waals surface area contributed by atoms with Gasteiger partial charge < -0.3 is 5.73 Å². The van der Waals surface area contributed by atoms with Crippen molar-refractivity contribution in [2.75, 3.05) is 5.75 Å². The summed E-state index contributed by atoms with van der Waals surface area (Å²) in [7, 11) is 0. The van der Waals surface area contributed by atoms with Crippen molar-refractivity contribution >= 4 is 12.6 Å².